The first-order valence-electron chi connectivity index (χ1n) is 3.12. The van der Waals surface area contributed by atoms with Crippen LogP contribution >= 0.6 is 0 Å². The molecule has 0 aliphatic rings. The van der Waals surface area contributed by atoms with Gasteiger partial charge in [0.2, 0.25) is 0 Å². The van der Waals surface area contributed by atoms with Crippen LogP contribution in [0.3, 0.4) is 0 Å². The van der Waals surface area contributed by atoms with Crippen molar-refractivity contribution in [3.8, 4) is 0 Å². The number of ketones is 1. The van der Waals surface area contributed by atoms with Crippen molar-refractivity contribution in [2.45, 2.75) is 25.8 Å². The fourth-order valence-corrected chi connectivity index (χ4v) is 0.615. The zero-order chi connectivity index (χ0) is 7.98. The van der Waals surface area contributed by atoms with E-state index in [1.54, 1.807) is 6.92 Å². The summed E-state index contributed by atoms with van der Waals surface area (Å²) >= 11 is 0. The van der Waals surface area contributed by atoms with Crippen molar-refractivity contribution < 1.29 is 14.8 Å². The van der Waals surface area contributed by atoms with Crippen molar-refractivity contribution in [2.75, 3.05) is 0 Å². The van der Waals surface area contributed by atoms with E-state index in [0.29, 0.717) is 12.7 Å². The van der Waals surface area contributed by atoms with E-state index in [1.165, 1.54) is 0 Å². The van der Waals surface area contributed by atoms with Crippen LogP contribution in [0.5, 0.6) is 0 Å². The second-order valence-corrected chi connectivity index (χ2v) is 1.93. The molecule has 4 heteroatoms. The Hall–Kier alpha value is -0.740. The van der Waals surface area contributed by atoms with Crippen LogP contribution in [0.2, 0.25) is 0 Å². The second kappa shape index (κ2) is 5.08. The lowest BCUT2D eigenvalue weighted by atomic mass is 10.1. The van der Waals surface area contributed by atoms with Crippen LogP contribution < -0.4 is 5.48 Å². The topological polar surface area (TPSA) is 66.4 Å². The summed E-state index contributed by atoms with van der Waals surface area (Å²) in [4.78, 5) is 20.6. The van der Waals surface area contributed by atoms with Gasteiger partial charge in [0.05, 0.1) is 12.5 Å². The molecule has 0 aliphatic heterocycles. The Bertz CT molecular complexity index is 120. The van der Waals surface area contributed by atoms with Crippen molar-refractivity contribution in [3.63, 3.8) is 0 Å². The van der Waals surface area contributed by atoms with E-state index in [2.05, 4.69) is 0 Å². The Morgan fingerprint density at radius 1 is 1.80 bits per heavy atom. The molecule has 0 rings (SSSR count). The highest BCUT2D eigenvalue weighted by molar-refractivity contribution is 5.93. The molecule has 0 aromatic rings. The van der Waals surface area contributed by atoms with E-state index in [4.69, 9.17) is 5.21 Å². The Balaban J connectivity index is 3.76. The number of hydroxylamine groups is 1. The number of nitrogens with one attached hydrogen (secondary N) is 1. The van der Waals surface area contributed by atoms with Crippen LogP contribution in [0, 0.1) is 0 Å². The molecule has 0 fully saturated rings. The first kappa shape index (κ1) is 9.26. The van der Waals surface area contributed by atoms with E-state index < -0.39 is 6.04 Å². The molecule has 0 saturated carbocycles. The number of hydrogen-bond donors (Lipinski definition) is 2. The van der Waals surface area contributed by atoms with Gasteiger partial charge in [0, 0.05) is 0 Å². The second-order valence-electron chi connectivity index (χ2n) is 1.93. The van der Waals surface area contributed by atoms with Gasteiger partial charge in [0.25, 0.3) is 0 Å². The molecular weight excluding hydrogens is 134 g/mol. The molecular formula is C6H11NO3. The fraction of sp³-hybridized carbons (Fsp3) is 0.667. The average molecular weight is 145 g/mol. The van der Waals surface area contributed by atoms with Gasteiger partial charge >= 0.3 is 0 Å². The van der Waals surface area contributed by atoms with Crippen LogP contribution in [0.15, 0.2) is 0 Å². The molecule has 0 amide bonds. The predicted octanol–water partition coefficient (Wildman–Crippen LogP) is -0.0981. The summed E-state index contributed by atoms with van der Waals surface area (Å²) in [6.07, 6.45) is 0.886. The van der Waals surface area contributed by atoms with Crippen LogP contribution in [0.25, 0.3) is 0 Å². The summed E-state index contributed by atoms with van der Waals surface area (Å²) in [7, 11) is 0. The Kier molecular flexibility index (Phi) is 4.70. The smallest absolute Gasteiger partial charge is 0.159 e. The highest BCUT2D eigenvalue weighted by atomic mass is 16.5. The van der Waals surface area contributed by atoms with Crippen molar-refractivity contribution in [1.29, 1.82) is 0 Å². The van der Waals surface area contributed by atoms with E-state index >= 15 is 0 Å². The van der Waals surface area contributed by atoms with Gasteiger partial charge in [-0.25, -0.2) is 0 Å². The number of rotatable bonds is 5. The highest BCUT2D eigenvalue weighted by Gasteiger charge is 2.13. The molecule has 1 unspecified atom stereocenters. The summed E-state index contributed by atoms with van der Waals surface area (Å²) in [6, 6.07) is -0.592. The van der Waals surface area contributed by atoms with Gasteiger partial charge in [-0.3, -0.25) is 4.79 Å². The molecule has 0 heterocycles. The normalized spacial score (nSPS) is 12.6. The number of carbonyl (C=O) groups is 2. The maximum atomic E-state index is 10.8. The van der Waals surface area contributed by atoms with E-state index in [0.717, 1.165) is 0 Å². The lowest BCUT2D eigenvalue weighted by Gasteiger charge is -2.07. The third-order valence-corrected chi connectivity index (χ3v) is 1.24. The minimum absolute atomic E-state index is 0.133. The van der Waals surface area contributed by atoms with Crippen LogP contribution in [-0.2, 0) is 9.59 Å². The van der Waals surface area contributed by atoms with Crippen LogP contribution in [0.1, 0.15) is 19.8 Å². The molecule has 0 aromatic heterocycles. The van der Waals surface area contributed by atoms with Crippen molar-refractivity contribution in [2.24, 2.45) is 0 Å². The van der Waals surface area contributed by atoms with Gasteiger partial charge in [-0.05, 0) is 6.42 Å². The van der Waals surface area contributed by atoms with Crippen LogP contribution in [-0.4, -0.2) is 23.3 Å². The standard InChI is InChI=1S/C6H11NO3/c1-2-5(7-10)6(9)3-4-8/h4-5,7,10H,2-3H2,1H3. The summed E-state index contributed by atoms with van der Waals surface area (Å²) in [5.41, 5.74) is 1.83. The fourth-order valence-electron chi connectivity index (χ4n) is 0.615. The maximum Gasteiger partial charge on any atom is 0.159 e. The zero-order valence-electron chi connectivity index (χ0n) is 5.83. The van der Waals surface area contributed by atoms with E-state index in [9.17, 15) is 9.59 Å². The maximum absolute atomic E-state index is 10.8. The zero-order valence-corrected chi connectivity index (χ0v) is 5.83. The average Bonchev–Trinajstić information content (AvgIpc) is 1.91. The summed E-state index contributed by atoms with van der Waals surface area (Å²) in [5, 5.41) is 8.34. The lowest BCUT2D eigenvalue weighted by Crippen LogP contribution is -2.33. The molecule has 0 aromatic carbocycles. The van der Waals surface area contributed by atoms with E-state index in [1.807, 2.05) is 5.48 Å². The lowest BCUT2D eigenvalue weighted by molar-refractivity contribution is -0.126. The first-order chi connectivity index (χ1) is 4.76. The highest BCUT2D eigenvalue weighted by Crippen LogP contribution is 1.93. The molecule has 0 radical (unpaired) electrons. The Labute approximate surface area is 59.2 Å². The van der Waals surface area contributed by atoms with E-state index in [-0.39, 0.29) is 12.2 Å². The quantitative estimate of drug-likeness (QED) is 0.322. The minimum Gasteiger partial charge on any atom is -0.316 e. The Morgan fingerprint density at radius 2 is 2.40 bits per heavy atom. The van der Waals surface area contributed by atoms with Crippen molar-refractivity contribution in [1.82, 2.24) is 5.48 Å². The summed E-state index contributed by atoms with van der Waals surface area (Å²) in [5.74, 6) is -0.278. The van der Waals surface area contributed by atoms with Gasteiger partial charge in [-0.2, -0.15) is 5.48 Å². The molecule has 1 atom stereocenters. The molecule has 4 nitrogen and oxygen atoms in total. The van der Waals surface area contributed by atoms with Gasteiger partial charge in [0.1, 0.15) is 6.29 Å². The van der Waals surface area contributed by atoms with Crippen LogP contribution in [0.4, 0.5) is 0 Å². The SMILES string of the molecule is CCC(NO)C(=O)CC=O. The molecule has 10 heavy (non-hydrogen) atoms. The van der Waals surface area contributed by atoms with Gasteiger partial charge < -0.3 is 10.0 Å². The summed E-state index contributed by atoms with van der Waals surface area (Å²) < 4.78 is 0. The monoisotopic (exact) mass is 145 g/mol. The molecule has 0 spiro atoms. The molecule has 2 N–H and O–H groups in total. The number of Topliss-reactive ketones (excluding diaryl/α,β-unsaturated/α-hetero) is 1. The molecule has 58 valence electrons. The minimum atomic E-state index is -0.592. The molecule has 0 aliphatic carbocycles. The Morgan fingerprint density at radius 3 is 2.70 bits per heavy atom. The van der Waals surface area contributed by atoms with Gasteiger partial charge in [-0.1, -0.05) is 6.92 Å². The van der Waals surface area contributed by atoms with Gasteiger partial charge in [-0.15, -0.1) is 0 Å². The number of hydrogen-bond acceptors (Lipinski definition) is 4. The molecule has 0 bridgehead atoms. The predicted molar refractivity (Wildman–Crippen MR) is 34.7 cm³/mol. The number of aldehydes is 1. The first-order valence-corrected chi connectivity index (χ1v) is 3.12. The van der Waals surface area contributed by atoms with Crippen molar-refractivity contribution in [3.05, 3.63) is 0 Å². The summed E-state index contributed by atoms with van der Waals surface area (Å²) in [6.45, 7) is 1.75. The van der Waals surface area contributed by atoms with Gasteiger partial charge in [0.15, 0.2) is 5.78 Å². The van der Waals surface area contributed by atoms with Crippen molar-refractivity contribution >= 4 is 12.1 Å². The number of carbonyl (C=O) groups excluding carboxylic acids is 2. The molecule has 0 saturated heterocycles. The third-order valence-electron chi connectivity index (χ3n) is 1.24. The third kappa shape index (κ3) is 2.70. The largest absolute Gasteiger partial charge is 0.316 e.